The molecule has 240 valence electrons. The molecule has 0 amide bonds. The Bertz CT molecular complexity index is 2740. The first-order valence-electron chi connectivity index (χ1n) is 17.3. The van der Waals surface area contributed by atoms with E-state index in [2.05, 4.69) is 193 Å². The van der Waals surface area contributed by atoms with Crippen LogP contribution in [0.25, 0.3) is 72.0 Å². The van der Waals surface area contributed by atoms with Crippen molar-refractivity contribution in [3.63, 3.8) is 0 Å². The Labute approximate surface area is 306 Å². The summed E-state index contributed by atoms with van der Waals surface area (Å²) in [6.07, 6.45) is 0. The lowest BCUT2D eigenvalue weighted by atomic mass is 9.98. The van der Waals surface area contributed by atoms with Gasteiger partial charge in [0.05, 0.1) is 11.0 Å². The van der Waals surface area contributed by atoms with Crippen LogP contribution in [-0.2, 0) is 0 Å². The predicted octanol–water partition coefficient (Wildman–Crippen LogP) is 14.1. The fourth-order valence-corrected chi connectivity index (χ4v) is 9.68. The summed E-state index contributed by atoms with van der Waals surface area (Å²) >= 11 is 3.73. The van der Waals surface area contributed by atoms with Crippen molar-refractivity contribution in [3.8, 4) is 50.2 Å². The van der Waals surface area contributed by atoms with Gasteiger partial charge >= 0.3 is 0 Å². The summed E-state index contributed by atoms with van der Waals surface area (Å²) in [6.45, 7) is 0. The second-order valence-corrected chi connectivity index (χ2v) is 15.1. The topological polar surface area (TPSA) is 4.93 Å². The van der Waals surface area contributed by atoms with E-state index < -0.39 is 0 Å². The van der Waals surface area contributed by atoms with Gasteiger partial charge in [-0.15, -0.1) is 0 Å². The molecule has 0 N–H and O–H groups in total. The van der Waals surface area contributed by atoms with Crippen LogP contribution in [0.5, 0.6) is 0 Å². The van der Waals surface area contributed by atoms with Crippen LogP contribution in [0.2, 0.25) is 0 Å². The maximum Gasteiger partial charge on any atom is 0.0541 e. The summed E-state index contributed by atoms with van der Waals surface area (Å²) in [5, 5.41) is 2.52. The fraction of sp³-hybridized carbons (Fsp3) is 0. The number of rotatable bonds is 3. The van der Waals surface area contributed by atoms with Gasteiger partial charge in [0.2, 0.25) is 0 Å². The molecule has 0 saturated heterocycles. The highest BCUT2D eigenvalue weighted by atomic mass is 32.2. The van der Waals surface area contributed by atoms with Gasteiger partial charge in [-0.1, -0.05) is 151 Å². The molecule has 1 nitrogen and oxygen atoms in total. The van der Waals surface area contributed by atoms with Crippen LogP contribution in [0.1, 0.15) is 0 Å². The normalized spacial score (nSPS) is 12.2. The molecular formula is C48H31NS2. The van der Waals surface area contributed by atoms with Crippen molar-refractivity contribution in [1.29, 1.82) is 0 Å². The highest BCUT2D eigenvalue weighted by Gasteiger charge is 2.21. The molecular weight excluding hydrogens is 655 g/mol. The van der Waals surface area contributed by atoms with Crippen molar-refractivity contribution in [2.45, 2.75) is 19.6 Å². The Balaban J connectivity index is 1.16. The molecule has 51 heavy (non-hydrogen) atoms. The average Bonchev–Trinajstić information content (AvgIpc) is 3.53. The van der Waals surface area contributed by atoms with Crippen molar-refractivity contribution >= 4 is 45.3 Å². The van der Waals surface area contributed by atoms with Gasteiger partial charge in [-0.3, -0.25) is 0 Å². The van der Waals surface area contributed by atoms with Crippen LogP contribution in [0.4, 0.5) is 0 Å². The van der Waals surface area contributed by atoms with Crippen molar-refractivity contribution < 1.29 is 0 Å². The summed E-state index contributed by atoms with van der Waals surface area (Å²) in [6, 6.07) is 68.8. The van der Waals surface area contributed by atoms with E-state index in [-0.39, 0.29) is 0 Å². The molecule has 10 rings (SSSR count). The largest absolute Gasteiger partial charge is 0.309 e. The monoisotopic (exact) mass is 685 g/mol. The Hall–Kier alpha value is -5.74. The zero-order valence-corrected chi connectivity index (χ0v) is 29.3. The molecule has 0 atom stereocenters. The highest BCUT2D eigenvalue weighted by molar-refractivity contribution is 8.00. The third kappa shape index (κ3) is 5.29. The minimum Gasteiger partial charge on any atom is -0.309 e. The van der Waals surface area contributed by atoms with Gasteiger partial charge in [0.25, 0.3) is 0 Å². The second kappa shape index (κ2) is 12.5. The third-order valence-corrected chi connectivity index (χ3v) is 12.2. The van der Waals surface area contributed by atoms with Crippen molar-refractivity contribution in [3.05, 3.63) is 188 Å². The smallest absolute Gasteiger partial charge is 0.0541 e. The van der Waals surface area contributed by atoms with E-state index in [0.717, 1.165) is 0 Å². The third-order valence-electron chi connectivity index (χ3n) is 9.88. The van der Waals surface area contributed by atoms with E-state index in [4.69, 9.17) is 0 Å². The average molecular weight is 686 g/mol. The summed E-state index contributed by atoms with van der Waals surface area (Å²) in [5.74, 6) is 0. The zero-order chi connectivity index (χ0) is 33.7. The number of fused-ring (bicyclic) bond motifs is 9. The first-order chi connectivity index (χ1) is 25.3. The van der Waals surface area contributed by atoms with E-state index in [1.807, 2.05) is 23.5 Å². The minimum absolute atomic E-state index is 1.17. The second-order valence-electron chi connectivity index (χ2n) is 12.9. The molecule has 1 aliphatic rings. The van der Waals surface area contributed by atoms with E-state index in [0.29, 0.717) is 0 Å². The molecule has 0 saturated carbocycles. The Morgan fingerprint density at radius 2 is 0.824 bits per heavy atom. The number of hydrogen-bond acceptors (Lipinski definition) is 2. The van der Waals surface area contributed by atoms with Gasteiger partial charge in [-0.25, -0.2) is 0 Å². The Morgan fingerprint density at radius 1 is 0.294 bits per heavy atom. The van der Waals surface area contributed by atoms with Crippen LogP contribution in [0, 0.1) is 0 Å². The number of benzene rings is 8. The van der Waals surface area contributed by atoms with Crippen LogP contribution >= 0.6 is 23.5 Å². The SMILES string of the molecule is c1ccc(-c2ccc3c(c2)-c2ccccc2Sc2ccccc2-c2ccc(-c4ccc5c(c4)c4ccccc4n5-c4ccccc4)cc2S3)cc1. The van der Waals surface area contributed by atoms with Gasteiger partial charge in [0.15, 0.2) is 0 Å². The quantitative estimate of drug-likeness (QED) is 0.182. The molecule has 2 heterocycles. The van der Waals surface area contributed by atoms with Crippen molar-refractivity contribution in [2.75, 3.05) is 0 Å². The van der Waals surface area contributed by atoms with Gasteiger partial charge in [0, 0.05) is 36.0 Å². The molecule has 0 radical (unpaired) electrons. The molecule has 0 spiro atoms. The van der Waals surface area contributed by atoms with E-state index in [9.17, 15) is 0 Å². The number of para-hydroxylation sites is 2. The van der Waals surface area contributed by atoms with Crippen LogP contribution in [0.15, 0.2) is 208 Å². The lowest BCUT2D eigenvalue weighted by Gasteiger charge is -2.21. The number of hydrogen-bond donors (Lipinski definition) is 0. The first-order valence-corrected chi connectivity index (χ1v) is 18.9. The maximum absolute atomic E-state index is 2.40. The van der Waals surface area contributed by atoms with Crippen molar-refractivity contribution in [1.82, 2.24) is 4.57 Å². The molecule has 1 aliphatic heterocycles. The molecule has 3 heteroatoms. The van der Waals surface area contributed by atoms with Gasteiger partial charge in [-0.2, -0.15) is 0 Å². The van der Waals surface area contributed by atoms with Crippen LogP contribution in [-0.4, -0.2) is 4.57 Å². The fourth-order valence-electron chi connectivity index (χ4n) is 7.45. The standard InChI is InChI=1S/C48H31NS2/c1-3-13-32(14-4-1)33-25-28-47-42(30-33)39-19-9-12-22-46(39)50-45-21-11-8-18-38(45)40-26-23-35(31-48(40)51-47)34-24-27-44-41(29-34)37-17-7-10-20-43(37)49(44)36-15-5-2-6-16-36/h1-31H. The molecule has 0 bridgehead atoms. The predicted molar refractivity (Wildman–Crippen MR) is 217 cm³/mol. The molecule has 0 fully saturated rings. The number of nitrogens with zero attached hydrogens (tertiary/aromatic N) is 1. The highest BCUT2D eigenvalue weighted by Crippen LogP contribution is 2.50. The van der Waals surface area contributed by atoms with E-state index in [1.165, 1.54) is 91.6 Å². The summed E-state index contributed by atoms with van der Waals surface area (Å²) < 4.78 is 2.38. The molecule has 0 aliphatic carbocycles. The lowest BCUT2D eigenvalue weighted by molar-refractivity contribution is 1.18. The first kappa shape index (κ1) is 30.1. The summed E-state index contributed by atoms with van der Waals surface area (Å²) in [5.41, 5.74) is 13.5. The summed E-state index contributed by atoms with van der Waals surface area (Å²) in [7, 11) is 0. The Kier molecular flexibility index (Phi) is 7.41. The van der Waals surface area contributed by atoms with Gasteiger partial charge in [-0.05, 0) is 105 Å². The van der Waals surface area contributed by atoms with Crippen molar-refractivity contribution in [2.24, 2.45) is 0 Å². The lowest BCUT2D eigenvalue weighted by Crippen LogP contribution is -1.94. The van der Waals surface area contributed by atoms with E-state index in [1.54, 1.807) is 0 Å². The molecule has 0 unspecified atom stereocenters. The summed E-state index contributed by atoms with van der Waals surface area (Å²) in [4.78, 5) is 5.03. The van der Waals surface area contributed by atoms with Crippen LogP contribution in [0.3, 0.4) is 0 Å². The van der Waals surface area contributed by atoms with E-state index >= 15 is 0 Å². The minimum atomic E-state index is 1.17. The van der Waals surface area contributed by atoms with Gasteiger partial charge in [0.1, 0.15) is 0 Å². The number of aromatic nitrogens is 1. The molecule has 9 aromatic rings. The van der Waals surface area contributed by atoms with Crippen LogP contribution < -0.4 is 0 Å². The molecule has 8 aromatic carbocycles. The molecule has 1 aromatic heterocycles. The zero-order valence-electron chi connectivity index (χ0n) is 27.7. The Morgan fingerprint density at radius 3 is 1.63 bits per heavy atom. The maximum atomic E-state index is 2.40. The van der Waals surface area contributed by atoms with Gasteiger partial charge < -0.3 is 4.57 Å².